The minimum Gasteiger partial charge on any atom is -0.449 e. The number of carbonyl (C=O) groups excluding carboxylic acids is 1. The van der Waals surface area contributed by atoms with Crippen molar-refractivity contribution in [1.29, 1.82) is 0 Å². The first-order chi connectivity index (χ1) is 14.5. The van der Waals surface area contributed by atoms with E-state index in [1.165, 1.54) is 0 Å². The van der Waals surface area contributed by atoms with Gasteiger partial charge in [-0.15, -0.1) is 0 Å². The Balaban J connectivity index is 1.66. The van der Waals surface area contributed by atoms with E-state index in [1.54, 1.807) is 4.90 Å². The molecule has 30 heavy (non-hydrogen) atoms. The second-order valence-corrected chi connectivity index (χ2v) is 8.30. The Morgan fingerprint density at radius 2 is 1.90 bits per heavy atom. The maximum absolute atomic E-state index is 13.2. The molecule has 0 aliphatic carbocycles. The number of amides is 1. The van der Waals surface area contributed by atoms with Crippen LogP contribution in [0.3, 0.4) is 0 Å². The Kier molecular flexibility index (Phi) is 7.27. The van der Waals surface area contributed by atoms with Crippen LogP contribution in [0.1, 0.15) is 31.4 Å². The van der Waals surface area contributed by atoms with Gasteiger partial charge >= 0.3 is 6.09 Å². The summed E-state index contributed by atoms with van der Waals surface area (Å²) in [4.78, 5) is 16.4. The van der Waals surface area contributed by atoms with E-state index in [0.717, 1.165) is 42.9 Å². The average molecular weight is 411 g/mol. The number of rotatable bonds is 9. The number of halogens is 1. The molecule has 0 saturated carbocycles. The van der Waals surface area contributed by atoms with E-state index in [9.17, 15) is 9.18 Å². The first-order valence-electron chi connectivity index (χ1n) is 10.5. The summed E-state index contributed by atoms with van der Waals surface area (Å²) in [6.07, 6.45) is 0.605. The van der Waals surface area contributed by atoms with E-state index in [2.05, 4.69) is 25.3 Å². The molecule has 1 unspecified atom stereocenters. The van der Waals surface area contributed by atoms with E-state index >= 15 is 0 Å². The van der Waals surface area contributed by atoms with Gasteiger partial charge in [0, 0.05) is 24.2 Å². The third kappa shape index (κ3) is 5.28. The molecule has 2 aromatic rings. The minimum absolute atomic E-state index is 0.140. The number of nitrogens with zero attached hydrogens (tertiary/aromatic N) is 2. The lowest BCUT2D eigenvalue weighted by Crippen LogP contribution is -2.50. The highest BCUT2D eigenvalue weighted by atomic mass is 19.1. The van der Waals surface area contributed by atoms with Crippen molar-refractivity contribution in [3.63, 3.8) is 0 Å². The summed E-state index contributed by atoms with van der Waals surface area (Å²) in [5, 5.41) is 0. The maximum atomic E-state index is 13.2. The van der Waals surface area contributed by atoms with Gasteiger partial charge in [0.05, 0.1) is 0 Å². The summed E-state index contributed by atoms with van der Waals surface area (Å²) in [6, 6.07) is 17.5. The Labute approximate surface area is 178 Å². The van der Waals surface area contributed by atoms with Crippen LogP contribution in [-0.2, 0) is 11.3 Å². The highest BCUT2D eigenvalue weighted by molar-refractivity contribution is 5.88. The molecule has 0 spiro atoms. The zero-order valence-electron chi connectivity index (χ0n) is 17.9. The van der Waals surface area contributed by atoms with Crippen LogP contribution in [0.2, 0.25) is 0 Å². The van der Waals surface area contributed by atoms with E-state index in [0.29, 0.717) is 18.7 Å². The van der Waals surface area contributed by atoms with E-state index in [-0.39, 0.29) is 11.5 Å². The number of carbonyl (C=O) groups is 1. The van der Waals surface area contributed by atoms with Crippen molar-refractivity contribution < 1.29 is 13.9 Å². The molecular formula is C25H31FN2O2. The summed E-state index contributed by atoms with van der Waals surface area (Å²) in [6.45, 7) is 11.2. The Hall–Kier alpha value is -2.66. The number of para-hydroxylation sites is 1. The number of benzene rings is 2. The van der Waals surface area contributed by atoms with Gasteiger partial charge < -0.3 is 4.74 Å². The zero-order chi connectivity index (χ0) is 21.6. The van der Waals surface area contributed by atoms with Crippen molar-refractivity contribution >= 4 is 17.4 Å². The molecule has 4 nitrogen and oxygen atoms in total. The van der Waals surface area contributed by atoms with Gasteiger partial charge in [0.25, 0.3) is 0 Å². The number of allylic oxidation sites excluding steroid dienone is 1. The van der Waals surface area contributed by atoms with Crippen molar-refractivity contribution in [2.75, 3.05) is 37.8 Å². The van der Waals surface area contributed by atoms with Gasteiger partial charge in [0.15, 0.2) is 0 Å². The predicted molar refractivity (Wildman–Crippen MR) is 120 cm³/mol. The molecule has 1 atom stereocenters. The van der Waals surface area contributed by atoms with Gasteiger partial charge in [0.2, 0.25) is 0 Å². The topological polar surface area (TPSA) is 32.8 Å². The van der Waals surface area contributed by atoms with Gasteiger partial charge in [-0.05, 0) is 48.3 Å². The lowest BCUT2D eigenvalue weighted by molar-refractivity contribution is 0.0606. The fourth-order valence-electron chi connectivity index (χ4n) is 3.85. The third-order valence-corrected chi connectivity index (χ3v) is 5.80. The maximum Gasteiger partial charge on any atom is 0.414 e. The number of cyclic esters (lactones) is 1. The second kappa shape index (κ2) is 9.90. The van der Waals surface area contributed by atoms with Crippen molar-refractivity contribution in [1.82, 2.24) is 4.90 Å². The Morgan fingerprint density at radius 3 is 2.60 bits per heavy atom. The second-order valence-electron chi connectivity index (χ2n) is 8.30. The smallest absolute Gasteiger partial charge is 0.414 e. The number of alkyl halides is 1. The quantitative estimate of drug-likeness (QED) is 0.544. The number of anilines is 1. The molecule has 1 fully saturated rings. The molecule has 0 radical (unpaired) electrons. The predicted octanol–water partition coefficient (Wildman–Crippen LogP) is 5.54. The van der Waals surface area contributed by atoms with Crippen LogP contribution in [0.15, 0.2) is 61.2 Å². The molecule has 0 aromatic heterocycles. The first kappa shape index (κ1) is 22.0. The molecule has 1 aliphatic heterocycles. The van der Waals surface area contributed by atoms with Gasteiger partial charge in [-0.25, -0.2) is 9.18 Å². The van der Waals surface area contributed by atoms with Crippen molar-refractivity contribution in [2.24, 2.45) is 5.41 Å². The number of hydrogen-bond donors (Lipinski definition) is 0. The molecule has 160 valence electrons. The van der Waals surface area contributed by atoms with Crippen molar-refractivity contribution in [3.8, 4) is 0 Å². The Bertz CT molecular complexity index is 870. The highest BCUT2D eigenvalue weighted by Crippen LogP contribution is 2.32. The summed E-state index contributed by atoms with van der Waals surface area (Å²) in [5.41, 5.74) is 3.23. The Morgan fingerprint density at radius 1 is 1.20 bits per heavy atom. The zero-order valence-corrected chi connectivity index (χ0v) is 17.9. The first-order valence-corrected chi connectivity index (χ1v) is 10.5. The summed E-state index contributed by atoms with van der Waals surface area (Å²) in [5.74, 6) is 0. The lowest BCUT2D eigenvalue weighted by atomic mass is 9.85. The molecule has 5 heteroatoms. The average Bonchev–Trinajstić information content (AvgIpc) is 2.79. The largest absolute Gasteiger partial charge is 0.449 e. The molecule has 0 N–H and O–H groups in total. The van der Waals surface area contributed by atoms with Crippen LogP contribution in [-0.4, -0.2) is 43.9 Å². The molecular weight excluding hydrogens is 379 g/mol. The molecule has 1 saturated heterocycles. The van der Waals surface area contributed by atoms with Crippen LogP contribution < -0.4 is 4.90 Å². The van der Waals surface area contributed by atoms with Crippen LogP contribution in [0.25, 0.3) is 5.57 Å². The van der Waals surface area contributed by atoms with E-state index in [1.807, 2.05) is 54.6 Å². The summed E-state index contributed by atoms with van der Waals surface area (Å²) >= 11 is 0. The molecule has 1 amide bonds. The monoisotopic (exact) mass is 410 g/mol. The van der Waals surface area contributed by atoms with E-state index < -0.39 is 6.67 Å². The highest BCUT2D eigenvalue weighted by Gasteiger charge is 2.37. The van der Waals surface area contributed by atoms with Gasteiger partial charge in [-0.1, -0.05) is 62.9 Å². The standard InChI is InChI=1S/C25H31FN2O2/c1-4-27(17-21-10-8-9-13-23(21)20(2)16-26)15-14-25(3)18-28(24(29)30-19-25)22-11-6-5-7-12-22/h5-13H,2,4,14-19H2,1,3H3. The third-order valence-electron chi connectivity index (χ3n) is 5.80. The van der Waals surface area contributed by atoms with Crippen molar-refractivity contribution in [3.05, 3.63) is 72.3 Å². The van der Waals surface area contributed by atoms with Crippen LogP contribution in [0.5, 0.6) is 0 Å². The normalized spacial score (nSPS) is 19.1. The lowest BCUT2D eigenvalue weighted by Gasteiger charge is -2.40. The van der Waals surface area contributed by atoms with Crippen LogP contribution >= 0.6 is 0 Å². The number of ether oxygens (including phenoxy) is 1. The molecule has 3 rings (SSSR count). The summed E-state index contributed by atoms with van der Waals surface area (Å²) in [7, 11) is 0. The van der Waals surface area contributed by atoms with Crippen molar-refractivity contribution in [2.45, 2.75) is 26.8 Å². The number of hydrogen-bond acceptors (Lipinski definition) is 3. The van der Waals surface area contributed by atoms with E-state index in [4.69, 9.17) is 4.74 Å². The van der Waals surface area contributed by atoms with Gasteiger partial charge in [-0.3, -0.25) is 9.80 Å². The van der Waals surface area contributed by atoms with Crippen LogP contribution in [0.4, 0.5) is 14.9 Å². The molecule has 2 aromatic carbocycles. The summed E-state index contributed by atoms with van der Waals surface area (Å²) < 4.78 is 18.7. The van der Waals surface area contributed by atoms with Gasteiger partial charge in [-0.2, -0.15) is 0 Å². The fraction of sp³-hybridized carbons (Fsp3) is 0.400. The minimum atomic E-state index is -0.540. The van der Waals surface area contributed by atoms with Gasteiger partial charge in [0.1, 0.15) is 13.3 Å². The SMILES string of the molecule is C=C(CF)c1ccccc1CN(CC)CCC1(C)COC(=O)N(c2ccccc2)C1. The molecule has 1 aliphatic rings. The molecule has 1 heterocycles. The molecule has 0 bridgehead atoms. The fourth-order valence-corrected chi connectivity index (χ4v) is 3.85. The van der Waals surface area contributed by atoms with Crippen LogP contribution in [0, 0.1) is 5.41 Å².